The summed E-state index contributed by atoms with van der Waals surface area (Å²) in [6.07, 6.45) is 1.50. The number of carbonyl (C=O) groups is 2. The lowest BCUT2D eigenvalue weighted by Crippen LogP contribution is -2.34. The van der Waals surface area contributed by atoms with Gasteiger partial charge in [0.25, 0.3) is 15.9 Å². The van der Waals surface area contributed by atoms with Gasteiger partial charge in [-0.3, -0.25) is 9.59 Å². The third kappa shape index (κ3) is 5.21. The van der Waals surface area contributed by atoms with E-state index in [2.05, 4.69) is 9.71 Å². The number of likely N-dealkylation sites (N-methyl/N-ethyl adjacent to an activating group) is 1. The van der Waals surface area contributed by atoms with E-state index in [4.69, 9.17) is 0 Å². The van der Waals surface area contributed by atoms with Crippen molar-refractivity contribution in [2.75, 3.05) is 32.5 Å². The van der Waals surface area contributed by atoms with Crippen LogP contribution in [0.1, 0.15) is 22.5 Å². The topological polar surface area (TPSA) is 99.2 Å². The Hall–Kier alpha value is -2.72. The molecule has 1 aromatic carbocycles. The fourth-order valence-electron chi connectivity index (χ4n) is 2.91. The first-order valence-corrected chi connectivity index (χ1v) is 11.3. The number of carbonyl (C=O) groups excluding carboxylic acids is 2. The first-order valence-electron chi connectivity index (χ1n) is 9.00. The highest BCUT2D eigenvalue weighted by Gasteiger charge is 2.21. The number of likely N-dealkylation sites (tertiary alicyclic amines) is 1. The minimum Gasteiger partial charge on any atom is -0.362 e. The number of hydrogen-bond acceptors (Lipinski definition) is 5. The second kappa shape index (κ2) is 8.75. The molecule has 0 unspecified atom stereocenters. The second-order valence-electron chi connectivity index (χ2n) is 6.72. The Kier molecular flexibility index (Phi) is 6.33. The van der Waals surface area contributed by atoms with Gasteiger partial charge in [-0.25, -0.2) is 0 Å². The van der Waals surface area contributed by atoms with Gasteiger partial charge >= 0.3 is 0 Å². The third-order valence-electron chi connectivity index (χ3n) is 4.44. The fourth-order valence-corrected chi connectivity index (χ4v) is 4.77. The molecule has 10 heteroatoms. The molecule has 1 N–H and O–H groups in total. The number of benzene rings is 1. The van der Waals surface area contributed by atoms with E-state index in [-0.39, 0.29) is 17.3 Å². The zero-order chi connectivity index (χ0) is 21.0. The van der Waals surface area contributed by atoms with Gasteiger partial charge in [-0.05, 0) is 36.1 Å². The molecular weight excluding hydrogens is 412 g/mol. The Morgan fingerprint density at radius 2 is 2.07 bits per heavy atom. The maximum Gasteiger partial charge on any atom is 0.284 e. The van der Waals surface area contributed by atoms with Gasteiger partial charge in [-0.15, -0.1) is 15.7 Å². The molecule has 2 heterocycles. The molecule has 0 aliphatic carbocycles. The van der Waals surface area contributed by atoms with Crippen molar-refractivity contribution in [3.05, 3.63) is 46.7 Å². The molecule has 8 nitrogen and oxygen atoms in total. The summed E-state index contributed by atoms with van der Waals surface area (Å²) in [6.45, 7) is 0.628. The maximum absolute atomic E-state index is 12.6. The summed E-state index contributed by atoms with van der Waals surface area (Å²) in [5, 5.41) is 4.43. The fraction of sp³-hybridized carbons (Fsp3) is 0.316. The number of rotatable bonds is 6. The number of nitrogens with zero attached hydrogens (tertiary/aromatic N) is 3. The first kappa shape index (κ1) is 21.0. The number of amidine groups is 1. The van der Waals surface area contributed by atoms with E-state index in [1.54, 1.807) is 29.6 Å². The van der Waals surface area contributed by atoms with Crippen molar-refractivity contribution < 1.29 is 18.0 Å². The molecule has 0 spiro atoms. The van der Waals surface area contributed by atoms with Gasteiger partial charge < -0.3 is 15.1 Å². The minimum absolute atomic E-state index is 0.00566. The molecule has 0 radical (unpaired) electrons. The van der Waals surface area contributed by atoms with Gasteiger partial charge in [0, 0.05) is 32.7 Å². The van der Waals surface area contributed by atoms with Crippen LogP contribution in [-0.4, -0.2) is 63.1 Å². The average molecular weight is 435 g/mol. The zero-order valence-corrected chi connectivity index (χ0v) is 17.8. The van der Waals surface area contributed by atoms with E-state index in [0.717, 1.165) is 13.0 Å². The average Bonchev–Trinajstić information content (AvgIpc) is 3.33. The Morgan fingerprint density at radius 3 is 2.72 bits per heavy atom. The van der Waals surface area contributed by atoms with E-state index in [0.29, 0.717) is 22.8 Å². The van der Waals surface area contributed by atoms with E-state index >= 15 is 0 Å². The van der Waals surface area contributed by atoms with E-state index in [1.165, 1.54) is 35.4 Å². The number of anilines is 1. The number of nitrogens with one attached hydrogen (secondary N) is 1. The molecule has 0 saturated carbocycles. The molecule has 2 aromatic rings. The van der Waals surface area contributed by atoms with Crippen molar-refractivity contribution in [2.24, 2.45) is 4.40 Å². The van der Waals surface area contributed by atoms with Crippen LogP contribution in [0.2, 0.25) is 0 Å². The zero-order valence-electron chi connectivity index (χ0n) is 16.2. The molecular formula is C19H22N4O4S2. The second-order valence-corrected chi connectivity index (χ2v) is 9.27. The van der Waals surface area contributed by atoms with Crippen molar-refractivity contribution in [3.8, 4) is 0 Å². The number of amides is 2. The predicted molar refractivity (Wildman–Crippen MR) is 113 cm³/mol. The van der Waals surface area contributed by atoms with Gasteiger partial charge in [0.05, 0.1) is 16.3 Å². The molecule has 0 atom stereocenters. The van der Waals surface area contributed by atoms with E-state index in [9.17, 15) is 18.0 Å². The Balaban J connectivity index is 1.68. The summed E-state index contributed by atoms with van der Waals surface area (Å²) in [5.74, 6) is -0.134. The van der Waals surface area contributed by atoms with Crippen LogP contribution in [0.15, 0.2) is 51.1 Å². The minimum atomic E-state index is -3.87. The van der Waals surface area contributed by atoms with Crippen LogP contribution in [-0.2, 0) is 14.8 Å². The maximum atomic E-state index is 12.6. The lowest BCUT2D eigenvalue weighted by molar-refractivity contribution is -0.116. The number of hydrogen-bond donors (Lipinski definition) is 1. The molecule has 2 amide bonds. The molecule has 0 bridgehead atoms. The van der Waals surface area contributed by atoms with Crippen LogP contribution in [0.3, 0.4) is 0 Å². The number of sulfonamides is 1. The third-order valence-corrected chi connectivity index (χ3v) is 6.59. The molecule has 3 rings (SSSR count). The van der Waals surface area contributed by atoms with Crippen molar-refractivity contribution >= 4 is 44.7 Å². The van der Waals surface area contributed by atoms with E-state index in [1.807, 2.05) is 11.9 Å². The monoisotopic (exact) mass is 434 g/mol. The molecule has 1 aliphatic rings. The highest BCUT2D eigenvalue weighted by molar-refractivity contribution is 7.90. The SMILES string of the molecule is CN(CC(=O)Nc1cccc(S(=O)(=O)N=C2CCCN2C)c1)C(=O)c1cccs1. The lowest BCUT2D eigenvalue weighted by Gasteiger charge is -2.16. The van der Waals surface area contributed by atoms with Crippen LogP contribution in [0.4, 0.5) is 5.69 Å². The Labute approximate surface area is 173 Å². The molecule has 154 valence electrons. The molecule has 1 saturated heterocycles. The molecule has 1 aromatic heterocycles. The Morgan fingerprint density at radius 1 is 1.28 bits per heavy atom. The van der Waals surface area contributed by atoms with Gasteiger partial charge in [-0.2, -0.15) is 8.42 Å². The van der Waals surface area contributed by atoms with Crippen LogP contribution < -0.4 is 5.32 Å². The quantitative estimate of drug-likeness (QED) is 0.752. The summed E-state index contributed by atoms with van der Waals surface area (Å²) >= 11 is 1.30. The van der Waals surface area contributed by atoms with Crippen LogP contribution in [0, 0.1) is 0 Å². The van der Waals surface area contributed by atoms with Gasteiger partial charge in [0.15, 0.2) is 0 Å². The van der Waals surface area contributed by atoms with Gasteiger partial charge in [0.1, 0.15) is 5.84 Å². The summed E-state index contributed by atoms with van der Waals surface area (Å²) in [7, 11) is -0.519. The summed E-state index contributed by atoms with van der Waals surface area (Å²) < 4.78 is 29.1. The summed E-state index contributed by atoms with van der Waals surface area (Å²) in [5.41, 5.74) is 0.327. The first-order chi connectivity index (χ1) is 13.8. The van der Waals surface area contributed by atoms with Crippen molar-refractivity contribution in [2.45, 2.75) is 17.7 Å². The van der Waals surface area contributed by atoms with E-state index < -0.39 is 15.9 Å². The predicted octanol–water partition coefficient (Wildman–Crippen LogP) is 2.27. The lowest BCUT2D eigenvalue weighted by atomic mass is 10.3. The number of thiophene rings is 1. The smallest absolute Gasteiger partial charge is 0.284 e. The van der Waals surface area contributed by atoms with Crippen molar-refractivity contribution in [1.82, 2.24) is 9.80 Å². The van der Waals surface area contributed by atoms with Crippen LogP contribution in [0.25, 0.3) is 0 Å². The Bertz CT molecular complexity index is 1030. The largest absolute Gasteiger partial charge is 0.362 e. The van der Waals surface area contributed by atoms with Gasteiger partial charge in [0.2, 0.25) is 5.91 Å². The molecule has 1 aliphatic heterocycles. The highest BCUT2D eigenvalue weighted by atomic mass is 32.2. The highest BCUT2D eigenvalue weighted by Crippen LogP contribution is 2.20. The standard InChI is InChI=1S/C19H22N4O4S2/c1-22-10-4-9-17(22)21-29(26,27)15-7-3-6-14(12-15)20-18(24)13-23(2)19(25)16-8-5-11-28-16/h3,5-8,11-12H,4,9-10,13H2,1-2H3,(H,20,24). The summed E-state index contributed by atoms with van der Waals surface area (Å²) in [6, 6.07) is 9.40. The van der Waals surface area contributed by atoms with Crippen LogP contribution in [0.5, 0.6) is 0 Å². The molecule has 1 fully saturated rings. The normalized spacial score (nSPS) is 15.5. The van der Waals surface area contributed by atoms with Crippen molar-refractivity contribution in [3.63, 3.8) is 0 Å². The van der Waals surface area contributed by atoms with Crippen LogP contribution >= 0.6 is 11.3 Å². The summed E-state index contributed by atoms with van der Waals surface area (Å²) in [4.78, 5) is 28.2. The van der Waals surface area contributed by atoms with Crippen molar-refractivity contribution in [1.29, 1.82) is 0 Å². The molecule has 29 heavy (non-hydrogen) atoms. The van der Waals surface area contributed by atoms with Gasteiger partial charge in [-0.1, -0.05) is 12.1 Å².